The number of amides is 1. The minimum atomic E-state index is -0.321. The van der Waals surface area contributed by atoms with Crippen LogP contribution in [-0.2, 0) is 11.2 Å². The van der Waals surface area contributed by atoms with E-state index in [0.29, 0.717) is 22.2 Å². The lowest BCUT2D eigenvalue weighted by atomic mass is 10.1. The molecule has 0 atom stereocenters. The average Bonchev–Trinajstić information content (AvgIpc) is 2.31. The third-order valence-electron chi connectivity index (χ3n) is 2.22. The third kappa shape index (κ3) is 4.55. The normalized spacial score (nSPS) is 9.94. The quantitative estimate of drug-likeness (QED) is 0.589. The molecule has 4 nitrogen and oxygen atoms in total. The van der Waals surface area contributed by atoms with Gasteiger partial charge in [0.15, 0.2) is 5.96 Å². The Bertz CT molecular complexity index is 429. The van der Waals surface area contributed by atoms with Gasteiger partial charge in [0.2, 0.25) is 5.91 Å². The molecular formula is C12H15Cl2N3O. The van der Waals surface area contributed by atoms with E-state index in [9.17, 15) is 4.79 Å². The van der Waals surface area contributed by atoms with Crippen LogP contribution >= 0.6 is 23.2 Å². The van der Waals surface area contributed by atoms with Crippen molar-refractivity contribution >= 4 is 35.1 Å². The van der Waals surface area contributed by atoms with E-state index in [-0.39, 0.29) is 18.3 Å². The molecule has 0 radical (unpaired) electrons. The molecule has 0 fully saturated rings. The van der Waals surface area contributed by atoms with Crippen molar-refractivity contribution in [1.82, 2.24) is 10.6 Å². The third-order valence-corrected chi connectivity index (χ3v) is 2.92. The van der Waals surface area contributed by atoms with Gasteiger partial charge in [0, 0.05) is 16.6 Å². The molecule has 0 spiro atoms. The molecule has 0 unspecified atom stereocenters. The fraction of sp³-hybridized carbons (Fsp3) is 0.333. The number of hydrogen-bond acceptors (Lipinski definition) is 2. The summed E-state index contributed by atoms with van der Waals surface area (Å²) in [6, 6.07) is 5.07. The maximum atomic E-state index is 11.7. The van der Waals surface area contributed by atoms with Crippen LogP contribution in [0.15, 0.2) is 18.2 Å². The Hall–Kier alpha value is -1.26. The van der Waals surface area contributed by atoms with Gasteiger partial charge in [0.1, 0.15) is 0 Å². The van der Waals surface area contributed by atoms with Gasteiger partial charge in [-0.25, -0.2) is 0 Å². The predicted octanol–water partition coefficient (Wildman–Crippen LogP) is 2.59. The van der Waals surface area contributed by atoms with Crippen LogP contribution in [-0.4, -0.2) is 18.4 Å². The number of nitrogens with one attached hydrogen (secondary N) is 3. The number of halogens is 2. The highest BCUT2D eigenvalue weighted by atomic mass is 35.5. The Balaban J connectivity index is 2.57. The van der Waals surface area contributed by atoms with Crippen molar-refractivity contribution in [3.05, 3.63) is 33.8 Å². The summed E-state index contributed by atoms with van der Waals surface area (Å²) >= 11 is 11.9. The summed E-state index contributed by atoms with van der Waals surface area (Å²) in [7, 11) is 0. The number of carbonyl (C=O) groups is 1. The standard InChI is InChI=1S/C12H15Cl2N3O/c1-2-6-16-12(15)17-11(18)7-8-9(13)4-3-5-10(8)14/h3-5H,2,6-7H2,1H3,(H3,15,16,17,18). The minimum absolute atomic E-state index is 0.00924. The van der Waals surface area contributed by atoms with E-state index in [1.165, 1.54) is 0 Å². The van der Waals surface area contributed by atoms with Crippen LogP contribution in [0.1, 0.15) is 18.9 Å². The van der Waals surface area contributed by atoms with Crippen LogP contribution in [0.4, 0.5) is 0 Å². The van der Waals surface area contributed by atoms with E-state index in [4.69, 9.17) is 28.6 Å². The average molecular weight is 288 g/mol. The molecule has 18 heavy (non-hydrogen) atoms. The molecule has 0 saturated carbocycles. The summed E-state index contributed by atoms with van der Waals surface area (Å²) < 4.78 is 0. The lowest BCUT2D eigenvalue weighted by Gasteiger charge is -2.10. The molecule has 0 aromatic heterocycles. The Kier molecular flexibility index (Phi) is 5.95. The molecule has 98 valence electrons. The van der Waals surface area contributed by atoms with E-state index in [1.54, 1.807) is 18.2 Å². The van der Waals surface area contributed by atoms with Crippen molar-refractivity contribution in [1.29, 1.82) is 5.41 Å². The van der Waals surface area contributed by atoms with Crippen LogP contribution in [0, 0.1) is 5.41 Å². The van der Waals surface area contributed by atoms with Crippen LogP contribution in [0.25, 0.3) is 0 Å². The van der Waals surface area contributed by atoms with Crippen molar-refractivity contribution < 1.29 is 4.79 Å². The van der Waals surface area contributed by atoms with Crippen molar-refractivity contribution in [2.75, 3.05) is 6.54 Å². The highest BCUT2D eigenvalue weighted by Crippen LogP contribution is 2.24. The first kappa shape index (κ1) is 14.8. The second kappa shape index (κ2) is 7.24. The molecule has 0 aliphatic heterocycles. The molecule has 1 aromatic rings. The number of rotatable bonds is 4. The number of guanidine groups is 1. The SMILES string of the molecule is CCCNC(=N)NC(=O)Cc1c(Cl)cccc1Cl. The molecule has 1 aromatic carbocycles. The number of hydrogen-bond donors (Lipinski definition) is 3. The molecular weight excluding hydrogens is 273 g/mol. The van der Waals surface area contributed by atoms with Gasteiger partial charge < -0.3 is 5.32 Å². The van der Waals surface area contributed by atoms with Gasteiger partial charge in [-0.15, -0.1) is 0 Å². The summed E-state index contributed by atoms with van der Waals surface area (Å²) in [5.74, 6) is -0.330. The Morgan fingerprint density at radius 2 is 1.94 bits per heavy atom. The summed E-state index contributed by atoms with van der Waals surface area (Å²) in [5.41, 5.74) is 0.571. The molecule has 0 aliphatic carbocycles. The zero-order valence-corrected chi connectivity index (χ0v) is 11.5. The van der Waals surface area contributed by atoms with Gasteiger partial charge in [-0.05, 0) is 24.1 Å². The lowest BCUT2D eigenvalue weighted by Crippen LogP contribution is -2.41. The first-order valence-corrected chi connectivity index (χ1v) is 6.35. The number of carbonyl (C=O) groups excluding carboxylic acids is 1. The summed E-state index contributed by atoms with van der Waals surface area (Å²) in [5, 5.41) is 13.6. The van der Waals surface area contributed by atoms with Gasteiger partial charge in [0.05, 0.1) is 6.42 Å². The van der Waals surface area contributed by atoms with E-state index >= 15 is 0 Å². The monoisotopic (exact) mass is 287 g/mol. The smallest absolute Gasteiger partial charge is 0.231 e. The van der Waals surface area contributed by atoms with E-state index in [0.717, 1.165) is 6.42 Å². The van der Waals surface area contributed by atoms with Gasteiger partial charge in [-0.1, -0.05) is 36.2 Å². The van der Waals surface area contributed by atoms with Gasteiger partial charge in [0.25, 0.3) is 0 Å². The van der Waals surface area contributed by atoms with Gasteiger partial charge in [-0.2, -0.15) is 0 Å². The topological polar surface area (TPSA) is 65.0 Å². The zero-order chi connectivity index (χ0) is 13.5. The van der Waals surface area contributed by atoms with Crippen molar-refractivity contribution in [2.24, 2.45) is 0 Å². The molecule has 6 heteroatoms. The fourth-order valence-electron chi connectivity index (χ4n) is 1.34. The zero-order valence-electron chi connectivity index (χ0n) is 10.0. The minimum Gasteiger partial charge on any atom is -0.356 e. The molecule has 3 N–H and O–H groups in total. The molecule has 1 rings (SSSR count). The molecule has 0 bridgehead atoms. The highest BCUT2D eigenvalue weighted by molar-refractivity contribution is 6.36. The predicted molar refractivity (Wildman–Crippen MR) is 74.3 cm³/mol. The highest BCUT2D eigenvalue weighted by Gasteiger charge is 2.11. The van der Waals surface area contributed by atoms with Gasteiger partial charge >= 0.3 is 0 Å². The van der Waals surface area contributed by atoms with Crippen LogP contribution < -0.4 is 10.6 Å². The van der Waals surface area contributed by atoms with Gasteiger partial charge in [-0.3, -0.25) is 15.5 Å². The molecule has 1 amide bonds. The molecule has 0 saturated heterocycles. The van der Waals surface area contributed by atoms with Crippen molar-refractivity contribution in [3.63, 3.8) is 0 Å². The first-order chi connectivity index (χ1) is 8.54. The Labute approximate surface area is 116 Å². The largest absolute Gasteiger partial charge is 0.356 e. The van der Waals surface area contributed by atoms with Crippen LogP contribution in [0.5, 0.6) is 0 Å². The van der Waals surface area contributed by atoms with E-state index < -0.39 is 0 Å². The Morgan fingerprint density at radius 1 is 1.33 bits per heavy atom. The van der Waals surface area contributed by atoms with Crippen molar-refractivity contribution in [3.8, 4) is 0 Å². The maximum Gasteiger partial charge on any atom is 0.231 e. The van der Waals surface area contributed by atoms with E-state index in [1.807, 2.05) is 6.92 Å². The second-order valence-corrected chi connectivity index (χ2v) is 4.54. The maximum absolute atomic E-state index is 11.7. The molecule has 0 aliphatic rings. The second-order valence-electron chi connectivity index (χ2n) is 3.73. The summed E-state index contributed by atoms with van der Waals surface area (Å²) in [6.45, 7) is 2.62. The molecule has 0 heterocycles. The van der Waals surface area contributed by atoms with Crippen LogP contribution in [0.2, 0.25) is 10.0 Å². The van der Waals surface area contributed by atoms with Crippen LogP contribution in [0.3, 0.4) is 0 Å². The number of benzene rings is 1. The summed E-state index contributed by atoms with van der Waals surface area (Å²) in [4.78, 5) is 11.7. The fourth-order valence-corrected chi connectivity index (χ4v) is 1.87. The van der Waals surface area contributed by atoms with E-state index in [2.05, 4.69) is 10.6 Å². The lowest BCUT2D eigenvalue weighted by molar-refractivity contribution is -0.119. The van der Waals surface area contributed by atoms with Crippen molar-refractivity contribution in [2.45, 2.75) is 19.8 Å². The first-order valence-electron chi connectivity index (χ1n) is 5.59. The summed E-state index contributed by atoms with van der Waals surface area (Å²) in [6.07, 6.45) is 0.934. The Morgan fingerprint density at radius 3 is 2.50 bits per heavy atom.